The zero-order valence-corrected chi connectivity index (χ0v) is 12.6. The molecular weight excluding hydrogens is 230 g/mol. The molecule has 0 bridgehead atoms. The Balaban J connectivity index is 2.16. The molecule has 1 nitrogen and oxygen atoms in total. The van der Waals surface area contributed by atoms with Gasteiger partial charge in [-0.3, -0.25) is 0 Å². The maximum atomic E-state index is 3.82. The number of aryl methyl sites for hydroxylation is 1. The van der Waals surface area contributed by atoms with Crippen molar-refractivity contribution in [3.63, 3.8) is 0 Å². The summed E-state index contributed by atoms with van der Waals surface area (Å²) >= 11 is 0. The average Bonchev–Trinajstić information content (AvgIpc) is 2.70. The van der Waals surface area contributed by atoms with E-state index in [4.69, 9.17) is 0 Å². The van der Waals surface area contributed by atoms with Crippen molar-refractivity contribution in [3.8, 4) is 0 Å². The standard InChI is InChI=1S/C18H29N/c1-3-14-19-18(16-11-6-4-5-7-12-16)17-13-9-8-10-15(17)2/h8-10,13,16,18-19H,3-7,11-12,14H2,1-2H3. The molecule has 1 N–H and O–H groups in total. The summed E-state index contributed by atoms with van der Waals surface area (Å²) in [5, 5.41) is 3.82. The molecule has 1 atom stereocenters. The SMILES string of the molecule is CCCNC(c1ccccc1C)C1CCCCCC1. The Labute approximate surface area is 118 Å². The molecule has 0 saturated heterocycles. The second kappa shape index (κ2) is 7.69. The third-order valence-corrected chi connectivity index (χ3v) is 4.51. The van der Waals surface area contributed by atoms with Crippen LogP contribution >= 0.6 is 0 Å². The maximum absolute atomic E-state index is 3.82. The molecule has 0 amide bonds. The third kappa shape index (κ3) is 4.07. The lowest BCUT2D eigenvalue weighted by Gasteiger charge is -2.29. The monoisotopic (exact) mass is 259 g/mol. The summed E-state index contributed by atoms with van der Waals surface area (Å²) in [4.78, 5) is 0. The van der Waals surface area contributed by atoms with Gasteiger partial charge in [0, 0.05) is 6.04 Å². The van der Waals surface area contributed by atoms with Crippen molar-refractivity contribution in [1.29, 1.82) is 0 Å². The van der Waals surface area contributed by atoms with E-state index in [-0.39, 0.29) is 0 Å². The Kier molecular flexibility index (Phi) is 5.91. The molecule has 19 heavy (non-hydrogen) atoms. The fraction of sp³-hybridized carbons (Fsp3) is 0.667. The molecule has 0 aromatic heterocycles. The van der Waals surface area contributed by atoms with Crippen molar-refractivity contribution in [2.75, 3.05) is 6.54 Å². The van der Waals surface area contributed by atoms with E-state index in [1.807, 2.05) is 0 Å². The Hall–Kier alpha value is -0.820. The first-order valence-corrected chi connectivity index (χ1v) is 8.12. The molecule has 1 fully saturated rings. The van der Waals surface area contributed by atoms with Crippen LogP contribution in [-0.4, -0.2) is 6.54 Å². The van der Waals surface area contributed by atoms with E-state index in [1.165, 1.54) is 56.1 Å². The predicted octanol–water partition coefficient (Wildman–Crippen LogP) is 5.01. The lowest BCUT2D eigenvalue weighted by atomic mass is 9.85. The van der Waals surface area contributed by atoms with Crippen LogP contribution in [0.3, 0.4) is 0 Å². The van der Waals surface area contributed by atoms with Crippen LogP contribution in [0.1, 0.15) is 69.0 Å². The van der Waals surface area contributed by atoms with Crippen molar-refractivity contribution in [1.82, 2.24) is 5.32 Å². The van der Waals surface area contributed by atoms with Gasteiger partial charge in [0.2, 0.25) is 0 Å². The van der Waals surface area contributed by atoms with E-state index in [1.54, 1.807) is 0 Å². The van der Waals surface area contributed by atoms with E-state index in [0.717, 1.165) is 12.5 Å². The highest BCUT2D eigenvalue weighted by Gasteiger charge is 2.24. The Morgan fingerprint density at radius 1 is 1.11 bits per heavy atom. The van der Waals surface area contributed by atoms with Gasteiger partial charge in [-0.2, -0.15) is 0 Å². The molecule has 1 aliphatic carbocycles. The van der Waals surface area contributed by atoms with E-state index >= 15 is 0 Å². The second-order valence-corrected chi connectivity index (χ2v) is 6.04. The largest absolute Gasteiger partial charge is 0.310 e. The molecular formula is C18H29N. The van der Waals surface area contributed by atoms with Crippen LogP contribution in [0.15, 0.2) is 24.3 Å². The van der Waals surface area contributed by atoms with Crippen LogP contribution in [-0.2, 0) is 0 Å². The highest BCUT2D eigenvalue weighted by Crippen LogP contribution is 2.34. The summed E-state index contributed by atoms with van der Waals surface area (Å²) in [7, 11) is 0. The molecule has 1 aromatic rings. The van der Waals surface area contributed by atoms with Crippen LogP contribution in [0.4, 0.5) is 0 Å². The van der Waals surface area contributed by atoms with E-state index < -0.39 is 0 Å². The number of benzene rings is 1. The van der Waals surface area contributed by atoms with Gasteiger partial charge in [0.1, 0.15) is 0 Å². The first-order chi connectivity index (χ1) is 9.33. The van der Waals surface area contributed by atoms with Crippen LogP contribution in [0.2, 0.25) is 0 Å². The Bertz CT molecular complexity index is 364. The van der Waals surface area contributed by atoms with Gasteiger partial charge in [-0.25, -0.2) is 0 Å². The van der Waals surface area contributed by atoms with Gasteiger partial charge >= 0.3 is 0 Å². The lowest BCUT2D eigenvalue weighted by molar-refractivity contribution is 0.325. The van der Waals surface area contributed by atoms with Gasteiger partial charge in [-0.1, -0.05) is 56.9 Å². The summed E-state index contributed by atoms with van der Waals surface area (Å²) in [6, 6.07) is 9.50. The number of nitrogens with one attached hydrogen (secondary N) is 1. The zero-order valence-electron chi connectivity index (χ0n) is 12.6. The molecule has 1 heteroatoms. The molecule has 0 heterocycles. The van der Waals surface area contributed by atoms with Crippen LogP contribution < -0.4 is 5.32 Å². The normalized spacial score (nSPS) is 19.1. The summed E-state index contributed by atoms with van der Waals surface area (Å²) in [5.41, 5.74) is 2.98. The molecule has 106 valence electrons. The minimum absolute atomic E-state index is 0.569. The quantitative estimate of drug-likeness (QED) is 0.733. The topological polar surface area (TPSA) is 12.0 Å². The van der Waals surface area contributed by atoms with Crippen molar-refractivity contribution < 1.29 is 0 Å². The summed E-state index contributed by atoms with van der Waals surface area (Å²) < 4.78 is 0. The maximum Gasteiger partial charge on any atom is 0.0351 e. The molecule has 1 saturated carbocycles. The van der Waals surface area contributed by atoms with Gasteiger partial charge in [-0.15, -0.1) is 0 Å². The first-order valence-electron chi connectivity index (χ1n) is 8.12. The van der Waals surface area contributed by atoms with Gasteiger partial charge in [0.25, 0.3) is 0 Å². The van der Waals surface area contributed by atoms with Gasteiger partial charge in [-0.05, 0) is 49.8 Å². The van der Waals surface area contributed by atoms with E-state index in [9.17, 15) is 0 Å². The molecule has 2 rings (SSSR count). The molecule has 0 radical (unpaired) electrons. The minimum Gasteiger partial charge on any atom is -0.310 e. The molecule has 1 aromatic carbocycles. The molecule has 0 aliphatic heterocycles. The number of hydrogen-bond acceptors (Lipinski definition) is 1. The van der Waals surface area contributed by atoms with Crippen molar-refractivity contribution in [3.05, 3.63) is 35.4 Å². The van der Waals surface area contributed by atoms with E-state index in [0.29, 0.717) is 6.04 Å². The second-order valence-electron chi connectivity index (χ2n) is 6.04. The lowest BCUT2D eigenvalue weighted by Crippen LogP contribution is -2.29. The molecule has 1 aliphatic rings. The fourth-order valence-electron chi connectivity index (χ4n) is 3.41. The Morgan fingerprint density at radius 3 is 2.42 bits per heavy atom. The Morgan fingerprint density at radius 2 is 1.79 bits per heavy atom. The summed E-state index contributed by atoms with van der Waals surface area (Å²) in [6.45, 7) is 5.65. The first kappa shape index (κ1) is 14.6. The predicted molar refractivity (Wildman–Crippen MR) is 83.4 cm³/mol. The van der Waals surface area contributed by atoms with Gasteiger partial charge in [0.15, 0.2) is 0 Å². The molecule has 1 unspecified atom stereocenters. The highest BCUT2D eigenvalue weighted by molar-refractivity contribution is 5.29. The van der Waals surface area contributed by atoms with Crippen LogP contribution in [0.25, 0.3) is 0 Å². The average molecular weight is 259 g/mol. The third-order valence-electron chi connectivity index (χ3n) is 4.51. The van der Waals surface area contributed by atoms with Crippen molar-refractivity contribution in [2.45, 2.75) is 64.8 Å². The van der Waals surface area contributed by atoms with Crippen LogP contribution in [0, 0.1) is 12.8 Å². The number of hydrogen-bond donors (Lipinski definition) is 1. The van der Waals surface area contributed by atoms with Gasteiger partial charge < -0.3 is 5.32 Å². The minimum atomic E-state index is 0.569. The summed E-state index contributed by atoms with van der Waals surface area (Å²) in [6.07, 6.45) is 9.72. The smallest absolute Gasteiger partial charge is 0.0351 e. The zero-order chi connectivity index (χ0) is 13.5. The van der Waals surface area contributed by atoms with Crippen molar-refractivity contribution >= 4 is 0 Å². The van der Waals surface area contributed by atoms with Crippen molar-refractivity contribution in [2.24, 2.45) is 5.92 Å². The summed E-state index contributed by atoms with van der Waals surface area (Å²) in [5.74, 6) is 0.829. The van der Waals surface area contributed by atoms with Crippen LogP contribution in [0.5, 0.6) is 0 Å². The number of rotatable bonds is 5. The van der Waals surface area contributed by atoms with E-state index in [2.05, 4.69) is 43.4 Å². The highest BCUT2D eigenvalue weighted by atomic mass is 14.9. The fourth-order valence-corrected chi connectivity index (χ4v) is 3.41. The molecule has 0 spiro atoms. The van der Waals surface area contributed by atoms with Gasteiger partial charge in [0.05, 0.1) is 0 Å².